The van der Waals surface area contributed by atoms with Crippen LogP contribution in [0.15, 0.2) is 6.33 Å². The maximum atomic E-state index is 9.28. The van der Waals surface area contributed by atoms with Crippen LogP contribution < -0.4 is 10.2 Å². The highest BCUT2D eigenvalue weighted by Crippen LogP contribution is 2.21. The zero-order valence-corrected chi connectivity index (χ0v) is 11.1. The first-order chi connectivity index (χ1) is 8.06. The van der Waals surface area contributed by atoms with Gasteiger partial charge in [0.15, 0.2) is 0 Å². The van der Waals surface area contributed by atoms with Crippen molar-refractivity contribution in [1.82, 2.24) is 9.97 Å². The molecule has 1 unspecified atom stereocenters. The second kappa shape index (κ2) is 6.39. The lowest BCUT2D eigenvalue weighted by molar-refractivity contribution is 0.187. The summed E-state index contributed by atoms with van der Waals surface area (Å²) in [6.07, 6.45) is 2.02. The highest BCUT2D eigenvalue weighted by Gasteiger charge is 2.10. The lowest BCUT2D eigenvalue weighted by Crippen LogP contribution is -2.24. The molecule has 1 rings (SSSR count). The smallest absolute Gasteiger partial charge is 0.136 e. The predicted octanol–water partition coefficient (Wildman–Crippen LogP) is 1.42. The number of nitrogens with one attached hydrogen (secondary N) is 1. The Morgan fingerprint density at radius 3 is 2.76 bits per heavy atom. The summed E-state index contributed by atoms with van der Waals surface area (Å²) >= 11 is 0. The first-order valence-corrected chi connectivity index (χ1v) is 6.01. The molecule has 0 bridgehead atoms. The van der Waals surface area contributed by atoms with Crippen LogP contribution >= 0.6 is 0 Å². The van der Waals surface area contributed by atoms with E-state index in [9.17, 15) is 5.11 Å². The van der Waals surface area contributed by atoms with Gasteiger partial charge in [-0.2, -0.15) is 0 Å². The van der Waals surface area contributed by atoms with Crippen molar-refractivity contribution in [3.8, 4) is 0 Å². The molecule has 1 heterocycles. The van der Waals surface area contributed by atoms with Gasteiger partial charge in [-0.1, -0.05) is 0 Å². The van der Waals surface area contributed by atoms with E-state index in [4.69, 9.17) is 0 Å². The Morgan fingerprint density at radius 2 is 2.18 bits per heavy atom. The van der Waals surface area contributed by atoms with Crippen LogP contribution in [-0.2, 0) is 0 Å². The third-order valence-electron chi connectivity index (χ3n) is 2.65. The number of rotatable bonds is 6. The van der Waals surface area contributed by atoms with Crippen molar-refractivity contribution in [2.45, 2.75) is 33.3 Å². The molecule has 0 aliphatic rings. The summed E-state index contributed by atoms with van der Waals surface area (Å²) < 4.78 is 0. The highest BCUT2D eigenvalue weighted by atomic mass is 16.3. The molecule has 0 aromatic carbocycles. The molecule has 0 saturated carbocycles. The second-order valence-electron chi connectivity index (χ2n) is 4.26. The van der Waals surface area contributed by atoms with Crippen molar-refractivity contribution >= 4 is 11.6 Å². The third-order valence-corrected chi connectivity index (χ3v) is 2.65. The topological polar surface area (TPSA) is 61.3 Å². The summed E-state index contributed by atoms with van der Waals surface area (Å²) in [7, 11) is 1.98. The minimum absolute atomic E-state index is 0.284. The van der Waals surface area contributed by atoms with Gasteiger partial charge in [-0.05, 0) is 27.2 Å². The molecule has 0 radical (unpaired) electrons. The quantitative estimate of drug-likeness (QED) is 0.785. The molecule has 0 spiro atoms. The van der Waals surface area contributed by atoms with Gasteiger partial charge in [-0.15, -0.1) is 0 Å². The van der Waals surface area contributed by atoms with Gasteiger partial charge in [0.1, 0.15) is 18.0 Å². The van der Waals surface area contributed by atoms with Gasteiger partial charge in [0.05, 0.1) is 6.10 Å². The SMILES string of the molecule is CCNc1ncnc(N(C)CCC(C)O)c1C. The average molecular weight is 238 g/mol. The normalized spacial score (nSPS) is 12.3. The maximum Gasteiger partial charge on any atom is 0.136 e. The van der Waals surface area contributed by atoms with Crippen LogP contribution in [0.5, 0.6) is 0 Å². The van der Waals surface area contributed by atoms with E-state index in [2.05, 4.69) is 15.3 Å². The van der Waals surface area contributed by atoms with E-state index in [-0.39, 0.29) is 6.10 Å². The Bertz CT molecular complexity index is 354. The lowest BCUT2D eigenvalue weighted by atomic mass is 10.2. The molecule has 0 aliphatic carbocycles. The van der Waals surface area contributed by atoms with Crippen LogP contribution in [0.2, 0.25) is 0 Å². The number of anilines is 2. The monoisotopic (exact) mass is 238 g/mol. The third kappa shape index (κ3) is 3.85. The summed E-state index contributed by atoms with van der Waals surface area (Å²) in [5.74, 6) is 1.79. The van der Waals surface area contributed by atoms with Crippen molar-refractivity contribution < 1.29 is 5.11 Å². The molecule has 96 valence electrons. The molecule has 0 saturated heterocycles. The van der Waals surface area contributed by atoms with Gasteiger partial charge in [0.2, 0.25) is 0 Å². The largest absolute Gasteiger partial charge is 0.393 e. The zero-order valence-electron chi connectivity index (χ0n) is 11.1. The summed E-state index contributed by atoms with van der Waals surface area (Å²) in [4.78, 5) is 10.5. The molecule has 1 atom stereocenters. The Labute approximate surface area is 103 Å². The van der Waals surface area contributed by atoms with Gasteiger partial charge in [-0.3, -0.25) is 0 Å². The van der Waals surface area contributed by atoms with Crippen LogP contribution in [0.4, 0.5) is 11.6 Å². The van der Waals surface area contributed by atoms with Crippen molar-refractivity contribution in [1.29, 1.82) is 0 Å². The number of aliphatic hydroxyl groups is 1. The number of nitrogens with zero attached hydrogens (tertiary/aromatic N) is 3. The van der Waals surface area contributed by atoms with Crippen LogP contribution in [0.3, 0.4) is 0 Å². The fourth-order valence-electron chi connectivity index (χ4n) is 1.66. The van der Waals surface area contributed by atoms with Gasteiger partial charge < -0.3 is 15.3 Å². The standard InChI is InChI=1S/C12H22N4O/c1-5-13-11-10(3)12(15-8-14-11)16(4)7-6-9(2)17/h8-9,17H,5-7H2,1-4H3,(H,13,14,15). The van der Waals surface area contributed by atoms with Gasteiger partial charge in [0, 0.05) is 25.7 Å². The first-order valence-electron chi connectivity index (χ1n) is 6.01. The van der Waals surface area contributed by atoms with Crippen LogP contribution in [0.25, 0.3) is 0 Å². The minimum Gasteiger partial charge on any atom is -0.393 e. The van der Waals surface area contributed by atoms with E-state index in [0.29, 0.717) is 0 Å². The van der Waals surface area contributed by atoms with Crippen LogP contribution in [0.1, 0.15) is 25.8 Å². The van der Waals surface area contributed by atoms with E-state index < -0.39 is 0 Å². The van der Waals surface area contributed by atoms with Crippen LogP contribution in [0, 0.1) is 6.92 Å². The molecule has 0 fully saturated rings. The Morgan fingerprint density at radius 1 is 1.47 bits per heavy atom. The van der Waals surface area contributed by atoms with E-state index >= 15 is 0 Å². The fourth-order valence-corrected chi connectivity index (χ4v) is 1.66. The molecule has 2 N–H and O–H groups in total. The molecule has 0 aliphatic heterocycles. The predicted molar refractivity (Wildman–Crippen MR) is 70.5 cm³/mol. The fraction of sp³-hybridized carbons (Fsp3) is 0.667. The molecule has 0 amide bonds. The second-order valence-corrected chi connectivity index (χ2v) is 4.26. The Kier molecular flexibility index (Phi) is 5.15. The molecule has 1 aromatic heterocycles. The summed E-state index contributed by atoms with van der Waals surface area (Å²) in [5, 5.41) is 12.5. The van der Waals surface area contributed by atoms with Crippen molar-refractivity contribution in [3.63, 3.8) is 0 Å². The number of aromatic nitrogens is 2. The van der Waals surface area contributed by atoms with E-state index in [0.717, 1.165) is 36.7 Å². The van der Waals surface area contributed by atoms with Gasteiger partial charge in [-0.25, -0.2) is 9.97 Å². The molecule has 17 heavy (non-hydrogen) atoms. The number of hydrogen-bond donors (Lipinski definition) is 2. The molecular formula is C12H22N4O. The summed E-state index contributed by atoms with van der Waals surface area (Å²) in [6, 6.07) is 0. The highest BCUT2D eigenvalue weighted by molar-refractivity contribution is 5.57. The summed E-state index contributed by atoms with van der Waals surface area (Å²) in [6.45, 7) is 7.46. The van der Waals surface area contributed by atoms with Crippen LogP contribution in [-0.4, -0.2) is 41.3 Å². The zero-order chi connectivity index (χ0) is 12.8. The lowest BCUT2D eigenvalue weighted by Gasteiger charge is -2.21. The molecule has 5 heteroatoms. The molecule has 5 nitrogen and oxygen atoms in total. The Balaban J connectivity index is 2.78. The molecular weight excluding hydrogens is 216 g/mol. The van der Waals surface area contributed by atoms with Crippen molar-refractivity contribution in [3.05, 3.63) is 11.9 Å². The Hall–Kier alpha value is -1.36. The maximum absolute atomic E-state index is 9.28. The number of aliphatic hydroxyl groups excluding tert-OH is 1. The van der Waals surface area contributed by atoms with Crippen molar-refractivity contribution in [2.75, 3.05) is 30.4 Å². The average Bonchev–Trinajstić information content (AvgIpc) is 2.29. The van der Waals surface area contributed by atoms with E-state index in [1.807, 2.05) is 25.8 Å². The van der Waals surface area contributed by atoms with Gasteiger partial charge in [0.25, 0.3) is 0 Å². The number of hydrogen-bond acceptors (Lipinski definition) is 5. The van der Waals surface area contributed by atoms with Crippen molar-refractivity contribution in [2.24, 2.45) is 0 Å². The van der Waals surface area contributed by atoms with E-state index in [1.54, 1.807) is 13.3 Å². The minimum atomic E-state index is -0.284. The molecule has 1 aromatic rings. The summed E-state index contributed by atoms with van der Waals surface area (Å²) in [5.41, 5.74) is 1.04. The first kappa shape index (κ1) is 13.7. The van der Waals surface area contributed by atoms with Gasteiger partial charge >= 0.3 is 0 Å². The van der Waals surface area contributed by atoms with E-state index in [1.165, 1.54) is 0 Å².